The Morgan fingerprint density at radius 3 is 2.22 bits per heavy atom. The standard InChI is InChI=1S/C4H9O.ClH.H2O.O.Sb/c1-4(2)3-5;;;;/h4H,3H2,1-2H3;1H;1H2;;/q-1;;;;+2/p-1. The molecule has 0 aromatic rings. The average molecular weight is 264 g/mol. The second kappa shape index (κ2) is 6.94. The summed E-state index contributed by atoms with van der Waals surface area (Å²) in [5.41, 5.74) is 0. The zero-order valence-corrected chi connectivity index (χ0v) is 8.77. The Balaban J connectivity index is 0. The Morgan fingerprint density at radius 1 is 1.67 bits per heavy atom. The van der Waals surface area contributed by atoms with Gasteiger partial charge < -0.3 is 0 Å². The van der Waals surface area contributed by atoms with E-state index in [0.29, 0.717) is 12.5 Å². The summed E-state index contributed by atoms with van der Waals surface area (Å²) < 4.78 is 22.6. The summed E-state index contributed by atoms with van der Waals surface area (Å²) in [5, 5.41) is 0. The predicted octanol–water partition coefficient (Wildman–Crippen LogP) is 0.488. The quantitative estimate of drug-likeness (QED) is 0.755. The van der Waals surface area contributed by atoms with Crippen molar-refractivity contribution in [3.63, 3.8) is 0 Å². The molecular formula is C4H11ClO3Sb. The van der Waals surface area contributed by atoms with Crippen LogP contribution in [-0.2, 0) is 6.03 Å². The summed E-state index contributed by atoms with van der Waals surface area (Å²) in [5.74, 6) is 0.350. The van der Waals surface area contributed by atoms with E-state index in [9.17, 15) is 3.02 Å². The largest absolute Gasteiger partial charge is 0.147 e. The van der Waals surface area contributed by atoms with Crippen LogP contribution in [0.1, 0.15) is 13.8 Å². The van der Waals surface area contributed by atoms with Crippen molar-refractivity contribution in [2.75, 3.05) is 6.61 Å². The van der Waals surface area contributed by atoms with E-state index in [1.54, 1.807) is 0 Å². The van der Waals surface area contributed by atoms with E-state index >= 15 is 0 Å². The maximum absolute atomic E-state index is 9.95. The first-order valence-corrected chi connectivity index (χ1v) is 5.64. The molecular weight excluding hydrogens is 253 g/mol. The monoisotopic (exact) mass is 263 g/mol. The van der Waals surface area contributed by atoms with Crippen molar-refractivity contribution in [3.05, 3.63) is 0 Å². The van der Waals surface area contributed by atoms with Crippen LogP contribution in [0.3, 0.4) is 0 Å². The Bertz CT molecular complexity index is 85.9. The summed E-state index contributed by atoms with van der Waals surface area (Å²) in [6.07, 6.45) is 0. The fraction of sp³-hybridized carbons (Fsp3) is 1.00. The van der Waals surface area contributed by atoms with E-state index in [1.165, 1.54) is 0 Å². The molecule has 0 spiro atoms. The first-order chi connectivity index (χ1) is 3.63. The Labute approximate surface area is 69.3 Å². The van der Waals surface area contributed by atoms with Crippen molar-refractivity contribution in [1.29, 1.82) is 0 Å². The molecule has 0 aromatic heterocycles. The van der Waals surface area contributed by atoms with Gasteiger partial charge in [0.15, 0.2) is 0 Å². The van der Waals surface area contributed by atoms with Crippen molar-refractivity contribution >= 4 is 33.4 Å². The van der Waals surface area contributed by atoms with Gasteiger partial charge in [0.25, 0.3) is 0 Å². The van der Waals surface area contributed by atoms with E-state index in [4.69, 9.17) is 3.39 Å². The molecule has 0 atom stereocenters. The molecule has 0 aliphatic rings. The number of hydrogen-bond acceptors (Lipinski definition) is 2. The zero-order valence-electron chi connectivity index (χ0n) is 5.40. The molecule has 1 N–H and O–H groups in total. The summed E-state index contributed by atoms with van der Waals surface area (Å²) >= 11 is -3.33. The van der Waals surface area contributed by atoms with Gasteiger partial charge >= 0.3 is 56.8 Å². The molecule has 9 heavy (non-hydrogen) atoms. The fourth-order valence-electron chi connectivity index (χ4n) is 0.213. The molecule has 0 saturated heterocycles. The predicted molar refractivity (Wildman–Crippen MR) is 36.7 cm³/mol. The SMILES string of the molecule is CC(C)C[O][Sb](=[O])[OH].Cl. The smallest absolute Gasteiger partial charge is 0.147 e. The summed E-state index contributed by atoms with van der Waals surface area (Å²) in [4.78, 5) is 0. The van der Waals surface area contributed by atoms with Crippen LogP contribution in [0.15, 0.2) is 0 Å². The summed E-state index contributed by atoms with van der Waals surface area (Å²) in [6, 6.07) is 0. The van der Waals surface area contributed by atoms with E-state index in [2.05, 4.69) is 3.02 Å². The molecule has 57 valence electrons. The minimum absolute atomic E-state index is 0. The van der Waals surface area contributed by atoms with Crippen molar-refractivity contribution in [1.82, 2.24) is 0 Å². The van der Waals surface area contributed by atoms with Gasteiger partial charge in [-0.2, -0.15) is 0 Å². The van der Waals surface area contributed by atoms with Gasteiger partial charge in [-0.15, -0.1) is 12.4 Å². The minimum atomic E-state index is -3.33. The van der Waals surface area contributed by atoms with Crippen LogP contribution >= 0.6 is 12.4 Å². The molecule has 0 aliphatic carbocycles. The van der Waals surface area contributed by atoms with Crippen LogP contribution in [0.2, 0.25) is 0 Å². The molecule has 1 radical (unpaired) electrons. The molecule has 0 rings (SSSR count). The molecule has 0 fully saturated rings. The van der Waals surface area contributed by atoms with Crippen LogP contribution in [-0.4, -0.2) is 31.0 Å². The second-order valence-corrected chi connectivity index (χ2v) is 4.02. The topological polar surface area (TPSA) is 46.5 Å². The van der Waals surface area contributed by atoms with E-state index in [1.807, 2.05) is 13.8 Å². The Kier molecular flexibility index (Phi) is 9.64. The minimum Gasteiger partial charge on any atom is -0.147 e. The average Bonchev–Trinajstić information content (AvgIpc) is 1.61. The number of hydrogen-bond donors (Lipinski definition) is 1. The van der Waals surface area contributed by atoms with Gasteiger partial charge in [0, 0.05) is 0 Å². The van der Waals surface area contributed by atoms with Gasteiger partial charge in [-0.1, -0.05) is 0 Å². The molecule has 0 bridgehead atoms. The first kappa shape index (κ1) is 12.5. The van der Waals surface area contributed by atoms with E-state index in [-0.39, 0.29) is 12.4 Å². The normalized spacial score (nSPS) is 8.89. The number of rotatable bonds is 3. The summed E-state index contributed by atoms with van der Waals surface area (Å²) in [6.45, 7) is 4.27. The molecule has 5 heteroatoms. The van der Waals surface area contributed by atoms with Crippen LogP contribution in [0.5, 0.6) is 0 Å². The van der Waals surface area contributed by atoms with Crippen molar-refractivity contribution < 1.29 is 9.42 Å². The second-order valence-electron chi connectivity index (χ2n) is 1.93. The van der Waals surface area contributed by atoms with Crippen LogP contribution < -0.4 is 0 Å². The molecule has 0 unspecified atom stereocenters. The first-order valence-electron chi connectivity index (χ1n) is 2.42. The number of halogens is 1. The van der Waals surface area contributed by atoms with Gasteiger partial charge in [0.05, 0.1) is 0 Å². The Morgan fingerprint density at radius 2 is 2.11 bits per heavy atom. The molecule has 0 aliphatic heterocycles. The third-order valence-electron chi connectivity index (χ3n) is 0.518. The maximum atomic E-state index is 9.95. The van der Waals surface area contributed by atoms with Crippen molar-refractivity contribution in [3.8, 4) is 0 Å². The zero-order chi connectivity index (χ0) is 6.57. The van der Waals surface area contributed by atoms with Gasteiger partial charge in [0.2, 0.25) is 0 Å². The van der Waals surface area contributed by atoms with Crippen molar-refractivity contribution in [2.24, 2.45) is 5.92 Å². The van der Waals surface area contributed by atoms with Gasteiger partial charge in [-0.3, -0.25) is 0 Å². The molecule has 0 saturated carbocycles. The van der Waals surface area contributed by atoms with Crippen LogP contribution in [0.4, 0.5) is 0 Å². The fourth-order valence-corrected chi connectivity index (χ4v) is 1.43. The van der Waals surface area contributed by atoms with Gasteiger partial charge in [0.1, 0.15) is 0 Å². The third kappa shape index (κ3) is 12.1. The van der Waals surface area contributed by atoms with E-state index in [0.717, 1.165) is 0 Å². The molecule has 0 aromatic carbocycles. The third-order valence-corrected chi connectivity index (χ3v) is 1.57. The summed E-state index contributed by atoms with van der Waals surface area (Å²) in [7, 11) is 0. The van der Waals surface area contributed by atoms with Crippen LogP contribution in [0, 0.1) is 5.92 Å². The van der Waals surface area contributed by atoms with Gasteiger partial charge in [-0.05, 0) is 0 Å². The van der Waals surface area contributed by atoms with Crippen LogP contribution in [0.25, 0.3) is 0 Å². The van der Waals surface area contributed by atoms with E-state index < -0.39 is 21.0 Å². The molecule has 3 nitrogen and oxygen atoms in total. The Hall–Kier alpha value is 0.828. The molecule has 0 heterocycles. The van der Waals surface area contributed by atoms with Crippen molar-refractivity contribution in [2.45, 2.75) is 13.8 Å². The van der Waals surface area contributed by atoms with Gasteiger partial charge in [-0.25, -0.2) is 0 Å². The maximum Gasteiger partial charge on any atom is -0.147 e. The molecule has 0 amide bonds.